The molecule has 3 aromatic carbocycles. The number of aliphatic hydroxyl groups is 1. The Morgan fingerprint density at radius 3 is 2.09 bits per heavy atom. The van der Waals surface area contributed by atoms with Crippen molar-refractivity contribution in [2.75, 3.05) is 6.61 Å². The van der Waals surface area contributed by atoms with Crippen molar-refractivity contribution >= 4 is 11.7 Å². The van der Waals surface area contributed by atoms with Gasteiger partial charge < -0.3 is 10.4 Å². The lowest BCUT2D eigenvalue weighted by molar-refractivity contribution is -0.122. The lowest BCUT2D eigenvalue weighted by Crippen LogP contribution is -2.43. The van der Waals surface area contributed by atoms with Gasteiger partial charge in [0.2, 0.25) is 0 Å². The van der Waals surface area contributed by atoms with Gasteiger partial charge in [0, 0.05) is 18.6 Å². The van der Waals surface area contributed by atoms with Crippen LogP contribution in [0.5, 0.6) is 0 Å². The molecule has 0 fully saturated rings. The highest BCUT2D eigenvalue weighted by Gasteiger charge is 2.25. The summed E-state index contributed by atoms with van der Waals surface area (Å²) in [5.74, 6) is -1.12. The molecular weight excluding hydrogens is 405 g/mol. The summed E-state index contributed by atoms with van der Waals surface area (Å²) in [6, 6.07) is 21.8. The molecule has 0 saturated heterocycles. The van der Waals surface area contributed by atoms with E-state index in [1.54, 1.807) is 36.4 Å². The van der Waals surface area contributed by atoms with Crippen LogP contribution in [0.4, 0.5) is 4.39 Å². The Bertz CT molecular complexity index is 1020. The molecule has 0 aliphatic carbocycles. The number of hydrogen-bond acceptors (Lipinski definition) is 3. The second-order valence-corrected chi connectivity index (χ2v) is 8.13. The number of aliphatic hydroxyl groups excluding tert-OH is 1. The van der Waals surface area contributed by atoms with Gasteiger partial charge in [-0.2, -0.15) is 0 Å². The molecule has 3 rings (SSSR count). The zero-order chi connectivity index (χ0) is 22.9. The zero-order valence-electron chi connectivity index (χ0n) is 18.1. The van der Waals surface area contributed by atoms with E-state index in [4.69, 9.17) is 0 Å². The van der Waals surface area contributed by atoms with E-state index in [-0.39, 0.29) is 42.9 Å². The average Bonchev–Trinajstić information content (AvgIpc) is 2.81. The van der Waals surface area contributed by atoms with Gasteiger partial charge in [-0.25, -0.2) is 4.39 Å². The van der Waals surface area contributed by atoms with Crippen LogP contribution in [0.3, 0.4) is 0 Å². The number of carbonyl (C=O) groups is 2. The Morgan fingerprint density at radius 2 is 1.47 bits per heavy atom. The number of benzene rings is 3. The summed E-state index contributed by atoms with van der Waals surface area (Å²) in [4.78, 5) is 25.9. The molecule has 2 atom stereocenters. The van der Waals surface area contributed by atoms with Crippen LogP contribution in [0.2, 0.25) is 0 Å². The van der Waals surface area contributed by atoms with Gasteiger partial charge >= 0.3 is 0 Å². The first-order valence-corrected chi connectivity index (χ1v) is 10.7. The van der Waals surface area contributed by atoms with Gasteiger partial charge in [-0.3, -0.25) is 9.59 Å². The number of carbonyl (C=O) groups excluding carboxylic acids is 2. The molecule has 4 nitrogen and oxygen atoms in total. The van der Waals surface area contributed by atoms with Crippen LogP contribution in [0.1, 0.15) is 33.5 Å². The Balaban J connectivity index is 1.73. The molecule has 0 heterocycles. The lowest BCUT2D eigenvalue weighted by Gasteiger charge is -2.21. The van der Waals surface area contributed by atoms with E-state index in [2.05, 4.69) is 5.32 Å². The number of halogens is 1. The molecule has 0 bridgehead atoms. The summed E-state index contributed by atoms with van der Waals surface area (Å²) in [6.45, 7) is 1.88. The molecule has 0 aromatic heterocycles. The van der Waals surface area contributed by atoms with E-state index in [9.17, 15) is 19.1 Å². The average molecular weight is 434 g/mol. The predicted molar refractivity (Wildman–Crippen MR) is 123 cm³/mol. The van der Waals surface area contributed by atoms with Crippen LogP contribution in [-0.2, 0) is 17.6 Å². The number of ketones is 1. The summed E-state index contributed by atoms with van der Waals surface area (Å²) in [6.07, 6.45) is 0.949. The first-order valence-electron chi connectivity index (χ1n) is 10.7. The minimum atomic E-state index is -0.778. The van der Waals surface area contributed by atoms with Gasteiger partial charge in [-0.05, 0) is 61.1 Å². The molecular formula is C27H28FNO3. The van der Waals surface area contributed by atoms with Crippen molar-refractivity contribution < 1.29 is 19.1 Å². The molecule has 5 heteroatoms. The third-order valence-corrected chi connectivity index (χ3v) is 5.48. The highest BCUT2D eigenvalue weighted by Crippen LogP contribution is 2.16. The number of rotatable bonds is 10. The second-order valence-electron chi connectivity index (χ2n) is 8.13. The number of nitrogens with one attached hydrogen (secondary N) is 1. The van der Waals surface area contributed by atoms with E-state index in [1.165, 1.54) is 12.1 Å². The van der Waals surface area contributed by atoms with Gasteiger partial charge in [-0.15, -0.1) is 0 Å². The molecule has 3 aromatic rings. The zero-order valence-corrected chi connectivity index (χ0v) is 18.1. The van der Waals surface area contributed by atoms with Crippen molar-refractivity contribution in [2.24, 2.45) is 5.92 Å². The van der Waals surface area contributed by atoms with Crippen molar-refractivity contribution in [1.29, 1.82) is 0 Å². The first kappa shape index (κ1) is 23.4. The van der Waals surface area contributed by atoms with Crippen LogP contribution < -0.4 is 5.32 Å². The lowest BCUT2D eigenvalue weighted by atomic mass is 9.90. The minimum Gasteiger partial charge on any atom is -0.396 e. The predicted octanol–water partition coefficient (Wildman–Crippen LogP) is 4.29. The van der Waals surface area contributed by atoms with E-state index < -0.39 is 6.04 Å². The maximum absolute atomic E-state index is 13.3. The highest BCUT2D eigenvalue weighted by atomic mass is 19.1. The molecule has 0 saturated carbocycles. The number of aryl methyl sites for hydroxylation is 1. The van der Waals surface area contributed by atoms with Crippen LogP contribution >= 0.6 is 0 Å². The largest absolute Gasteiger partial charge is 0.396 e. The maximum atomic E-state index is 13.3. The van der Waals surface area contributed by atoms with Crippen LogP contribution in [0, 0.1) is 18.7 Å². The first-order chi connectivity index (χ1) is 15.4. The summed E-state index contributed by atoms with van der Waals surface area (Å²) >= 11 is 0. The van der Waals surface area contributed by atoms with Gasteiger partial charge in [0.1, 0.15) is 5.82 Å². The summed E-state index contributed by atoms with van der Waals surface area (Å²) in [5.41, 5.74) is 3.40. The summed E-state index contributed by atoms with van der Waals surface area (Å²) in [5, 5.41) is 12.7. The van der Waals surface area contributed by atoms with Crippen molar-refractivity contribution in [1.82, 2.24) is 5.32 Å². The van der Waals surface area contributed by atoms with Crippen molar-refractivity contribution in [3.63, 3.8) is 0 Å². The fourth-order valence-electron chi connectivity index (χ4n) is 3.62. The monoisotopic (exact) mass is 433 g/mol. The summed E-state index contributed by atoms with van der Waals surface area (Å²) < 4.78 is 13.3. The molecule has 166 valence electrons. The maximum Gasteiger partial charge on any atom is 0.251 e. The molecule has 1 amide bonds. The smallest absolute Gasteiger partial charge is 0.251 e. The molecule has 0 aliphatic heterocycles. The van der Waals surface area contributed by atoms with Gasteiger partial charge in [0.15, 0.2) is 5.78 Å². The highest BCUT2D eigenvalue weighted by molar-refractivity contribution is 5.98. The Kier molecular flexibility index (Phi) is 8.28. The quantitative estimate of drug-likeness (QED) is 0.501. The van der Waals surface area contributed by atoms with Crippen molar-refractivity contribution in [3.05, 3.63) is 107 Å². The molecule has 32 heavy (non-hydrogen) atoms. The van der Waals surface area contributed by atoms with Gasteiger partial charge in [0.25, 0.3) is 5.91 Å². The van der Waals surface area contributed by atoms with E-state index in [1.807, 2.05) is 37.3 Å². The number of amides is 1. The fourth-order valence-corrected chi connectivity index (χ4v) is 3.62. The van der Waals surface area contributed by atoms with Crippen molar-refractivity contribution in [2.45, 2.75) is 32.2 Å². The van der Waals surface area contributed by atoms with Crippen LogP contribution in [0.15, 0.2) is 78.9 Å². The van der Waals surface area contributed by atoms with Crippen molar-refractivity contribution in [3.8, 4) is 0 Å². The molecule has 0 spiro atoms. The Hall–Kier alpha value is -3.31. The third kappa shape index (κ3) is 6.86. The molecule has 2 N–H and O–H groups in total. The SMILES string of the molecule is Cc1ccc(C[C@@H](CO)CC(=O)[C@H](Cc2ccc(F)cc2)NC(=O)c2ccccc2)cc1. The van der Waals surface area contributed by atoms with Crippen LogP contribution in [-0.4, -0.2) is 29.4 Å². The minimum absolute atomic E-state index is 0.129. The molecule has 0 radical (unpaired) electrons. The normalized spacial score (nSPS) is 12.7. The van der Waals surface area contributed by atoms with E-state index in [0.29, 0.717) is 12.0 Å². The van der Waals surface area contributed by atoms with Crippen LogP contribution in [0.25, 0.3) is 0 Å². The van der Waals surface area contributed by atoms with Gasteiger partial charge in [-0.1, -0.05) is 60.2 Å². The molecule has 0 aliphatic rings. The summed E-state index contributed by atoms with van der Waals surface area (Å²) in [7, 11) is 0. The molecule has 0 unspecified atom stereocenters. The van der Waals surface area contributed by atoms with E-state index >= 15 is 0 Å². The van der Waals surface area contributed by atoms with Gasteiger partial charge in [0.05, 0.1) is 6.04 Å². The fraction of sp³-hybridized carbons (Fsp3) is 0.259. The Labute approximate surface area is 188 Å². The standard InChI is InChI=1S/C27H28FNO3/c1-19-7-9-20(10-8-19)15-22(18-30)17-26(31)25(16-21-11-13-24(28)14-12-21)29-27(32)23-5-3-2-4-6-23/h2-14,22,25,30H,15-18H2,1H3,(H,29,32)/t22-,25+/m1/s1. The number of Topliss-reactive ketones (excluding diaryl/α,β-unsaturated/α-hetero) is 1. The third-order valence-electron chi connectivity index (χ3n) is 5.48. The number of hydrogen-bond donors (Lipinski definition) is 2. The topological polar surface area (TPSA) is 66.4 Å². The second kappa shape index (κ2) is 11.3. The van der Waals surface area contributed by atoms with E-state index in [0.717, 1.165) is 16.7 Å². The Morgan fingerprint density at radius 1 is 0.875 bits per heavy atom.